The maximum absolute atomic E-state index is 10.5. The second-order valence-corrected chi connectivity index (χ2v) is 6.38. The molecule has 0 spiro atoms. The van der Waals surface area contributed by atoms with Crippen molar-refractivity contribution >= 4 is 20.5 Å². The van der Waals surface area contributed by atoms with Crippen LogP contribution in [0.25, 0.3) is 0 Å². The molecule has 0 saturated carbocycles. The van der Waals surface area contributed by atoms with Crippen molar-refractivity contribution in [3.63, 3.8) is 0 Å². The molecule has 0 bridgehead atoms. The first-order chi connectivity index (χ1) is 8.16. The molecule has 0 aromatic carbocycles. The van der Waals surface area contributed by atoms with Crippen LogP contribution in [-0.2, 0) is 29.4 Å². The minimum absolute atomic E-state index is 0.0886. The second kappa shape index (κ2) is 6.23. The van der Waals surface area contributed by atoms with Crippen LogP contribution >= 0.6 is 0 Å². The first-order valence-corrected chi connectivity index (χ1v) is 8.08. The van der Waals surface area contributed by atoms with Crippen LogP contribution < -0.4 is 0 Å². The molecule has 1 atom stereocenters. The van der Waals surface area contributed by atoms with E-state index in [1.54, 1.807) is 4.90 Å². The van der Waals surface area contributed by atoms with E-state index in [-0.39, 0.29) is 25.3 Å². The van der Waals surface area contributed by atoms with Gasteiger partial charge >= 0.3 is 10.4 Å². The van der Waals surface area contributed by atoms with Crippen molar-refractivity contribution < 1.29 is 34.9 Å². The third kappa shape index (κ3) is 7.20. The Bertz CT molecular complexity index is 458. The van der Waals surface area contributed by atoms with Gasteiger partial charge in [0.05, 0.1) is 18.9 Å². The second-order valence-electron chi connectivity index (χ2n) is 3.76. The minimum atomic E-state index is -4.58. The molecule has 1 heterocycles. The molecule has 11 heteroatoms. The van der Waals surface area contributed by atoms with Crippen molar-refractivity contribution in [2.45, 2.75) is 12.7 Å². The molecule has 9 nitrogen and oxygen atoms in total. The lowest BCUT2D eigenvalue weighted by atomic mass is 10.3. The molecule has 1 unspecified atom stereocenters. The smallest absolute Gasteiger partial charge is 0.349 e. The predicted octanol–water partition coefficient (Wildman–Crippen LogP) is -1.26. The highest BCUT2D eigenvalue weighted by Crippen LogP contribution is 2.09. The van der Waals surface area contributed by atoms with Crippen molar-refractivity contribution in [3.05, 3.63) is 0 Å². The fraction of sp³-hybridized carbons (Fsp3) is 1.00. The summed E-state index contributed by atoms with van der Waals surface area (Å²) < 4.78 is 68.2. The van der Waals surface area contributed by atoms with Gasteiger partial charge in [-0.1, -0.05) is 0 Å². The van der Waals surface area contributed by atoms with Crippen molar-refractivity contribution in [2.75, 3.05) is 32.0 Å². The maximum atomic E-state index is 10.5. The van der Waals surface area contributed by atoms with Crippen LogP contribution in [0.3, 0.4) is 0 Å². The first-order valence-electron chi connectivity index (χ1n) is 5.10. The summed E-state index contributed by atoms with van der Waals surface area (Å²) in [4.78, 5) is 1.71. The number of ether oxygens (including phenoxy) is 1. The third-order valence-electron chi connectivity index (χ3n) is 2.22. The molecular weight excluding hydrogens is 290 g/mol. The van der Waals surface area contributed by atoms with Crippen LogP contribution in [0.4, 0.5) is 0 Å². The van der Waals surface area contributed by atoms with Gasteiger partial charge in [-0.25, -0.2) is 4.18 Å². The highest BCUT2D eigenvalue weighted by molar-refractivity contribution is 7.85. The lowest BCUT2D eigenvalue weighted by Gasteiger charge is -2.31. The molecule has 1 fully saturated rings. The Kier molecular flexibility index (Phi) is 5.46. The lowest BCUT2D eigenvalue weighted by Crippen LogP contribution is -2.44. The Balaban J connectivity index is 2.35. The minimum Gasteiger partial charge on any atom is -0.349 e. The summed E-state index contributed by atoms with van der Waals surface area (Å²) in [6.07, 6.45) is -0.906. The number of nitrogens with zero attached hydrogens (tertiary/aromatic N) is 1. The largest absolute Gasteiger partial charge is 0.399 e. The Morgan fingerprint density at radius 2 is 1.94 bits per heavy atom. The van der Waals surface area contributed by atoms with E-state index in [4.69, 9.17) is 13.8 Å². The molecule has 1 aliphatic heterocycles. The Labute approximate surface area is 105 Å². The van der Waals surface area contributed by atoms with Gasteiger partial charge in [0, 0.05) is 6.54 Å². The SMILES string of the molecule is O=S(=O)(O)CCCN1CCOC(OS(=O)(=O)O)C1. The highest BCUT2D eigenvalue weighted by Gasteiger charge is 2.25. The van der Waals surface area contributed by atoms with Crippen LogP contribution in [0.5, 0.6) is 0 Å². The molecule has 0 aromatic heterocycles. The van der Waals surface area contributed by atoms with E-state index in [9.17, 15) is 16.8 Å². The summed E-state index contributed by atoms with van der Waals surface area (Å²) in [6, 6.07) is 0. The molecule has 1 aliphatic rings. The number of rotatable bonds is 6. The van der Waals surface area contributed by atoms with Gasteiger partial charge in [-0.05, 0) is 13.0 Å². The van der Waals surface area contributed by atoms with Gasteiger partial charge in [0.2, 0.25) is 0 Å². The zero-order valence-electron chi connectivity index (χ0n) is 9.43. The number of morpholine rings is 1. The molecule has 18 heavy (non-hydrogen) atoms. The lowest BCUT2D eigenvalue weighted by molar-refractivity contribution is -0.130. The maximum Gasteiger partial charge on any atom is 0.399 e. The van der Waals surface area contributed by atoms with Crippen molar-refractivity contribution in [3.8, 4) is 0 Å². The van der Waals surface area contributed by atoms with E-state index < -0.39 is 26.8 Å². The topological polar surface area (TPSA) is 130 Å². The van der Waals surface area contributed by atoms with Gasteiger partial charge in [0.1, 0.15) is 0 Å². The average Bonchev–Trinajstić information content (AvgIpc) is 2.13. The number of hydrogen-bond acceptors (Lipinski definition) is 7. The zero-order chi connectivity index (χ0) is 13.8. The van der Waals surface area contributed by atoms with Crippen LogP contribution in [0, 0.1) is 0 Å². The molecule has 0 aliphatic carbocycles. The first kappa shape index (κ1) is 15.8. The van der Waals surface area contributed by atoms with Crippen molar-refractivity contribution in [1.82, 2.24) is 4.90 Å². The molecule has 1 rings (SSSR count). The summed E-state index contributed by atoms with van der Waals surface area (Å²) in [5.41, 5.74) is 0. The van der Waals surface area contributed by atoms with E-state index in [1.807, 2.05) is 0 Å². The van der Waals surface area contributed by atoms with Crippen LogP contribution in [0.2, 0.25) is 0 Å². The Hall–Kier alpha value is -0.300. The van der Waals surface area contributed by atoms with E-state index in [0.29, 0.717) is 13.1 Å². The Morgan fingerprint density at radius 3 is 2.50 bits per heavy atom. The van der Waals surface area contributed by atoms with Gasteiger partial charge in [0.15, 0.2) is 6.29 Å². The van der Waals surface area contributed by atoms with Gasteiger partial charge in [-0.15, -0.1) is 0 Å². The zero-order valence-corrected chi connectivity index (χ0v) is 11.1. The fourth-order valence-corrected chi connectivity index (χ4v) is 2.42. The normalized spacial score (nSPS) is 23.1. The summed E-state index contributed by atoms with van der Waals surface area (Å²) in [5, 5.41) is 0. The number of hydrogen-bond donors (Lipinski definition) is 2. The molecule has 108 valence electrons. The molecular formula is C7H15NO8S2. The quantitative estimate of drug-likeness (QED) is 0.577. The van der Waals surface area contributed by atoms with E-state index in [0.717, 1.165) is 0 Å². The Morgan fingerprint density at radius 1 is 1.28 bits per heavy atom. The summed E-state index contributed by atoms with van der Waals surface area (Å²) >= 11 is 0. The van der Waals surface area contributed by atoms with Crippen LogP contribution in [0.15, 0.2) is 0 Å². The highest BCUT2D eigenvalue weighted by atomic mass is 32.3. The van der Waals surface area contributed by atoms with Gasteiger partial charge in [0.25, 0.3) is 10.1 Å². The average molecular weight is 305 g/mol. The van der Waals surface area contributed by atoms with Crippen molar-refractivity contribution in [2.24, 2.45) is 0 Å². The van der Waals surface area contributed by atoms with Crippen LogP contribution in [-0.4, -0.2) is 69.1 Å². The van der Waals surface area contributed by atoms with Crippen LogP contribution in [0.1, 0.15) is 6.42 Å². The molecule has 2 N–H and O–H groups in total. The van der Waals surface area contributed by atoms with Gasteiger partial charge in [-0.2, -0.15) is 16.8 Å². The predicted molar refractivity (Wildman–Crippen MR) is 59.8 cm³/mol. The van der Waals surface area contributed by atoms with Crippen molar-refractivity contribution in [1.29, 1.82) is 0 Å². The summed E-state index contributed by atoms with van der Waals surface area (Å²) in [5.74, 6) is -0.367. The van der Waals surface area contributed by atoms with E-state index >= 15 is 0 Å². The summed E-state index contributed by atoms with van der Waals surface area (Å²) in [6.45, 7) is 1.11. The van der Waals surface area contributed by atoms with E-state index in [2.05, 4.69) is 4.18 Å². The van der Waals surface area contributed by atoms with E-state index in [1.165, 1.54) is 0 Å². The standard InChI is InChI=1S/C7H15NO8S2/c9-17(10,11)5-1-2-8-3-4-15-7(6-8)16-18(12,13)14/h7H,1-6H2,(H,9,10,11)(H,12,13,14). The molecule has 1 saturated heterocycles. The molecule has 0 aromatic rings. The van der Waals surface area contributed by atoms with Gasteiger partial charge in [-0.3, -0.25) is 14.0 Å². The summed E-state index contributed by atoms with van der Waals surface area (Å²) in [7, 11) is -8.57. The van der Waals surface area contributed by atoms with Gasteiger partial charge < -0.3 is 4.74 Å². The third-order valence-corrected chi connectivity index (χ3v) is 3.49. The molecule has 0 amide bonds. The molecule has 0 radical (unpaired) electrons. The fourth-order valence-electron chi connectivity index (χ4n) is 1.54. The monoisotopic (exact) mass is 305 g/mol.